The summed E-state index contributed by atoms with van der Waals surface area (Å²) >= 11 is 0. The minimum atomic E-state index is -0.708. The van der Waals surface area contributed by atoms with E-state index in [0.717, 1.165) is 45.2 Å². The van der Waals surface area contributed by atoms with E-state index in [9.17, 15) is 9.59 Å². The van der Waals surface area contributed by atoms with Crippen LogP contribution in [0.5, 0.6) is 5.75 Å². The first-order valence-electron chi connectivity index (χ1n) is 10.1. The molecule has 0 atom stereocenters. The maximum atomic E-state index is 15.1. The Kier molecular flexibility index (Phi) is 6.16. The standard InChI is InChI=1S/C19H25FN4O3.CH5N/c1-3-11-6-8-22(9-7-11)16-14(20)10-13-15(17(16)27-2)23(12-4-5-12)19(26)24(21)18(13)25;1-2/h10-12H,3-9,21H2,1-2H3;2H2,1H3. The van der Waals surface area contributed by atoms with E-state index < -0.39 is 17.1 Å². The van der Waals surface area contributed by atoms with E-state index in [-0.39, 0.29) is 17.2 Å². The third kappa shape index (κ3) is 3.59. The zero-order valence-corrected chi connectivity index (χ0v) is 17.3. The van der Waals surface area contributed by atoms with Gasteiger partial charge in [-0.25, -0.2) is 9.18 Å². The molecular weight excluding hydrogens is 377 g/mol. The largest absolute Gasteiger partial charge is 0.492 e. The van der Waals surface area contributed by atoms with E-state index in [1.165, 1.54) is 24.8 Å². The molecule has 0 spiro atoms. The van der Waals surface area contributed by atoms with Crippen LogP contribution in [-0.2, 0) is 0 Å². The number of methoxy groups -OCH3 is 1. The highest BCUT2D eigenvalue weighted by atomic mass is 19.1. The van der Waals surface area contributed by atoms with Gasteiger partial charge in [0, 0.05) is 19.1 Å². The van der Waals surface area contributed by atoms with Gasteiger partial charge in [-0.05, 0) is 44.7 Å². The monoisotopic (exact) mass is 407 g/mol. The Morgan fingerprint density at radius 2 is 1.79 bits per heavy atom. The Morgan fingerprint density at radius 1 is 1.17 bits per heavy atom. The Labute approximate surface area is 168 Å². The Bertz CT molecular complexity index is 1000. The number of aromatic nitrogens is 2. The molecule has 1 saturated heterocycles. The molecule has 0 radical (unpaired) electrons. The maximum absolute atomic E-state index is 15.1. The zero-order valence-electron chi connectivity index (χ0n) is 17.3. The van der Waals surface area contributed by atoms with Gasteiger partial charge in [-0.2, -0.15) is 4.68 Å². The number of hydrogen-bond donors (Lipinski definition) is 2. The van der Waals surface area contributed by atoms with Crippen molar-refractivity contribution in [3.63, 3.8) is 0 Å². The number of anilines is 1. The van der Waals surface area contributed by atoms with Crippen LogP contribution in [0.15, 0.2) is 15.7 Å². The van der Waals surface area contributed by atoms with Crippen LogP contribution in [0.4, 0.5) is 10.1 Å². The summed E-state index contributed by atoms with van der Waals surface area (Å²) in [5.74, 6) is 6.04. The molecule has 1 aliphatic heterocycles. The van der Waals surface area contributed by atoms with Gasteiger partial charge in [-0.15, -0.1) is 0 Å². The Balaban J connectivity index is 0.00000117. The zero-order chi connectivity index (χ0) is 21.3. The molecule has 2 heterocycles. The highest BCUT2D eigenvalue weighted by Crippen LogP contribution is 2.43. The summed E-state index contributed by atoms with van der Waals surface area (Å²) in [5.41, 5.74) is 3.89. The summed E-state index contributed by atoms with van der Waals surface area (Å²) in [6.45, 7) is 3.61. The lowest BCUT2D eigenvalue weighted by Crippen LogP contribution is -2.44. The lowest BCUT2D eigenvalue weighted by atomic mass is 9.94. The van der Waals surface area contributed by atoms with E-state index in [1.807, 2.05) is 4.90 Å². The van der Waals surface area contributed by atoms with Crippen LogP contribution in [0.1, 0.15) is 45.1 Å². The van der Waals surface area contributed by atoms with Crippen LogP contribution in [0, 0.1) is 11.7 Å². The number of benzene rings is 1. The summed E-state index contributed by atoms with van der Waals surface area (Å²) in [7, 11) is 2.95. The van der Waals surface area contributed by atoms with Crippen molar-refractivity contribution < 1.29 is 9.13 Å². The average Bonchev–Trinajstić information content (AvgIpc) is 3.59. The summed E-state index contributed by atoms with van der Waals surface area (Å²) in [4.78, 5) is 27.1. The van der Waals surface area contributed by atoms with Gasteiger partial charge in [0.1, 0.15) is 11.2 Å². The van der Waals surface area contributed by atoms with Crippen molar-refractivity contribution in [2.24, 2.45) is 11.7 Å². The van der Waals surface area contributed by atoms with Crippen molar-refractivity contribution in [1.29, 1.82) is 0 Å². The molecule has 1 aromatic carbocycles. The predicted octanol–water partition coefficient (Wildman–Crippen LogP) is 1.56. The summed E-state index contributed by atoms with van der Waals surface area (Å²) < 4.78 is 22.7. The highest BCUT2D eigenvalue weighted by molar-refractivity contribution is 5.91. The first-order chi connectivity index (χ1) is 14.0. The SMILES string of the molecule is CCC1CCN(c2c(F)cc3c(=O)n(N)c(=O)n(C4CC4)c3c2OC)CC1.CN. The van der Waals surface area contributed by atoms with Gasteiger partial charge in [-0.3, -0.25) is 9.36 Å². The van der Waals surface area contributed by atoms with Crippen LogP contribution in [-0.4, -0.2) is 36.5 Å². The fourth-order valence-corrected chi connectivity index (χ4v) is 4.16. The van der Waals surface area contributed by atoms with Gasteiger partial charge in [0.15, 0.2) is 11.6 Å². The third-order valence-corrected chi connectivity index (χ3v) is 5.91. The quantitative estimate of drug-likeness (QED) is 0.745. The minimum absolute atomic E-state index is 0.0339. The topological polar surface area (TPSA) is 109 Å². The molecule has 160 valence electrons. The normalized spacial score (nSPS) is 17.2. The van der Waals surface area contributed by atoms with Gasteiger partial charge in [0.2, 0.25) is 0 Å². The second kappa shape index (κ2) is 8.44. The molecule has 1 aromatic heterocycles. The molecule has 8 nitrogen and oxygen atoms in total. The summed E-state index contributed by atoms with van der Waals surface area (Å²) in [5, 5.41) is 0.0746. The molecule has 2 aliphatic rings. The molecule has 0 amide bonds. The van der Waals surface area contributed by atoms with E-state index >= 15 is 4.39 Å². The fraction of sp³-hybridized carbons (Fsp3) is 0.600. The molecule has 9 heteroatoms. The van der Waals surface area contributed by atoms with Crippen LogP contribution in [0.25, 0.3) is 10.9 Å². The van der Waals surface area contributed by atoms with E-state index in [0.29, 0.717) is 21.8 Å². The molecule has 4 rings (SSSR count). The van der Waals surface area contributed by atoms with Crippen LogP contribution in [0.2, 0.25) is 0 Å². The van der Waals surface area contributed by atoms with Crippen LogP contribution >= 0.6 is 0 Å². The van der Waals surface area contributed by atoms with Gasteiger partial charge >= 0.3 is 5.69 Å². The Morgan fingerprint density at radius 3 is 2.31 bits per heavy atom. The average molecular weight is 407 g/mol. The van der Waals surface area contributed by atoms with Gasteiger partial charge in [0.25, 0.3) is 5.56 Å². The van der Waals surface area contributed by atoms with Gasteiger partial charge in [-0.1, -0.05) is 13.3 Å². The molecule has 1 saturated carbocycles. The fourth-order valence-electron chi connectivity index (χ4n) is 4.16. The van der Waals surface area contributed by atoms with Crippen LogP contribution in [0.3, 0.4) is 0 Å². The van der Waals surface area contributed by atoms with Crippen molar-refractivity contribution in [3.8, 4) is 5.75 Å². The first-order valence-corrected chi connectivity index (χ1v) is 10.1. The maximum Gasteiger partial charge on any atom is 0.350 e. The summed E-state index contributed by atoms with van der Waals surface area (Å²) in [6, 6.07) is 1.16. The van der Waals surface area contributed by atoms with Crippen molar-refractivity contribution >= 4 is 16.6 Å². The van der Waals surface area contributed by atoms with Gasteiger partial charge in [0.05, 0.1) is 12.5 Å². The molecule has 2 aromatic rings. The number of nitrogen functional groups attached to an aromatic ring is 1. The number of hydrogen-bond acceptors (Lipinski definition) is 6. The number of fused-ring (bicyclic) bond motifs is 1. The number of rotatable bonds is 4. The number of nitrogens with zero attached hydrogens (tertiary/aromatic N) is 3. The molecule has 29 heavy (non-hydrogen) atoms. The number of halogens is 1. The van der Waals surface area contributed by atoms with Crippen LogP contribution < -0.4 is 32.5 Å². The number of ether oxygens (including phenoxy) is 1. The second-order valence-corrected chi connectivity index (χ2v) is 7.53. The van der Waals surface area contributed by atoms with Gasteiger partial charge < -0.3 is 21.2 Å². The molecule has 0 bridgehead atoms. The lowest BCUT2D eigenvalue weighted by molar-refractivity contribution is 0.381. The van der Waals surface area contributed by atoms with E-state index in [2.05, 4.69) is 12.7 Å². The van der Waals surface area contributed by atoms with Crippen molar-refractivity contribution in [2.45, 2.75) is 45.1 Å². The molecule has 0 unspecified atom stereocenters. The Hall–Kier alpha value is -2.55. The smallest absolute Gasteiger partial charge is 0.350 e. The summed E-state index contributed by atoms with van der Waals surface area (Å²) in [6.07, 6.45) is 4.73. The number of piperidine rings is 1. The van der Waals surface area contributed by atoms with Crippen molar-refractivity contribution in [3.05, 3.63) is 32.7 Å². The molecule has 1 aliphatic carbocycles. The third-order valence-electron chi connectivity index (χ3n) is 5.91. The number of nitrogens with two attached hydrogens (primary N) is 2. The highest BCUT2D eigenvalue weighted by Gasteiger charge is 2.33. The predicted molar refractivity (Wildman–Crippen MR) is 113 cm³/mol. The van der Waals surface area contributed by atoms with Crippen molar-refractivity contribution in [1.82, 2.24) is 9.24 Å². The van der Waals surface area contributed by atoms with E-state index in [1.54, 1.807) is 0 Å². The lowest BCUT2D eigenvalue weighted by Gasteiger charge is -2.34. The van der Waals surface area contributed by atoms with Crippen molar-refractivity contribution in [2.75, 3.05) is 38.0 Å². The minimum Gasteiger partial charge on any atom is -0.492 e. The molecular formula is C20H30FN5O3. The molecule has 2 fully saturated rings. The first kappa shape index (κ1) is 21.2. The van der Waals surface area contributed by atoms with E-state index in [4.69, 9.17) is 10.6 Å². The second-order valence-electron chi connectivity index (χ2n) is 7.53. The molecule has 4 N–H and O–H groups in total.